The van der Waals surface area contributed by atoms with Crippen LogP contribution in [0.25, 0.3) is 0 Å². The first-order chi connectivity index (χ1) is 10.6. The Morgan fingerprint density at radius 3 is 2.48 bits per heavy atom. The minimum Gasteiger partial charge on any atom is -0.384 e. The zero-order valence-electron chi connectivity index (χ0n) is 13.0. The third-order valence-electron chi connectivity index (χ3n) is 4.06. The van der Waals surface area contributed by atoms with E-state index in [1.54, 1.807) is 19.2 Å². The Hall–Kier alpha value is -1.70. The van der Waals surface area contributed by atoms with Crippen LogP contribution in [0, 0.1) is 15.5 Å². The summed E-state index contributed by atoms with van der Waals surface area (Å²) in [5.41, 5.74) is 0.394. The van der Waals surface area contributed by atoms with E-state index in [2.05, 4.69) is 10.6 Å². The second-order valence-corrected chi connectivity index (χ2v) is 5.57. The molecule has 0 spiro atoms. The van der Waals surface area contributed by atoms with E-state index in [0.717, 1.165) is 31.5 Å². The molecule has 8 heteroatoms. The highest BCUT2D eigenvalue weighted by Crippen LogP contribution is 2.29. The number of nitro groups is 1. The van der Waals surface area contributed by atoms with E-state index in [0.29, 0.717) is 13.2 Å². The molecule has 1 aromatic carbocycles. The molecular formula is C15H22ClN3O4. The molecule has 1 fully saturated rings. The van der Waals surface area contributed by atoms with E-state index >= 15 is 0 Å². The van der Waals surface area contributed by atoms with Crippen LogP contribution in [0.4, 0.5) is 5.69 Å². The number of methoxy groups -OCH3 is 1. The molecule has 2 N–H and O–H groups in total. The van der Waals surface area contributed by atoms with Crippen molar-refractivity contribution in [2.75, 3.05) is 26.8 Å². The van der Waals surface area contributed by atoms with Crippen molar-refractivity contribution in [3.63, 3.8) is 0 Å². The first-order valence-electron chi connectivity index (χ1n) is 7.29. The summed E-state index contributed by atoms with van der Waals surface area (Å²) < 4.78 is 5.24. The Kier molecular flexibility index (Phi) is 7.41. The topological polar surface area (TPSA) is 93.5 Å². The van der Waals surface area contributed by atoms with Crippen molar-refractivity contribution in [2.24, 2.45) is 5.41 Å². The average molecular weight is 344 g/mol. The van der Waals surface area contributed by atoms with Crippen molar-refractivity contribution >= 4 is 24.0 Å². The van der Waals surface area contributed by atoms with Crippen LogP contribution in [0.1, 0.15) is 18.4 Å². The standard InChI is InChI=1S/C15H21N3O4.ClH/c1-22-11-15(6-8-16-9-7-15)14(19)17-10-12-2-4-13(5-3-12)18(20)21;/h2-5,16H,6-11H2,1H3,(H,17,19);1H. The van der Waals surface area contributed by atoms with Crippen molar-refractivity contribution in [2.45, 2.75) is 19.4 Å². The zero-order valence-corrected chi connectivity index (χ0v) is 13.9. The van der Waals surface area contributed by atoms with Gasteiger partial charge >= 0.3 is 0 Å². The van der Waals surface area contributed by atoms with E-state index in [4.69, 9.17) is 4.74 Å². The fraction of sp³-hybridized carbons (Fsp3) is 0.533. The van der Waals surface area contributed by atoms with Gasteiger partial charge in [0, 0.05) is 25.8 Å². The molecule has 128 valence electrons. The summed E-state index contributed by atoms with van der Waals surface area (Å²) in [7, 11) is 1.60. The zero-order chi connectivity index (χ0) is 16.0. The highest BCUT2D eigenvalue weighted by atomic mass is 35.5. The molecule has 0 aromatic heterocycles. The van der Waals surface area contributed by atoms with E-state index in [1.165, 1.54) is 12.1 Å². The fourth-order valence-electron chi connectivity index (χ4n) is 2.72. The van der Waals surface area contributed by atoms with Gasteiger partial charge in [-0.15, -0.1) is 12.4 Å². The second-order valence-electron chi connectivity index (χ2n) is 5.57. The molecule has 23 heavy (non-hydrogen) atoms. The van der Waals surface area contributed by atoms with E-state index in [9.17, 15) is 14.9 Å². The predicted octanol–water partition coefficient (Wildman–Crippen LogP) is 1.65. The van der Waals surface area contributed by atoms with Gasteiger partial charge in [0.1, 0.15) is 0 Å². The minimum atomic E-state index is -0.485. The SMILES string of the molecule is COCC1(C(=O)NCc2ccc([N+](=O)[O-])cc2)CCNCC1.Cl. The number of benzene rings is 1. The minimum absolute atomic E-state index is 0. The van der Waals surface area contributed by atoms with Crippen molar-refractivity contribution in [1.82, 2.24) is 10.6 Å². The summed E-state index contributed by atoms with van der Waals surface area (Å²) in [6.07, 6.45) is 1.49. The maximum absolute atomic E-state index is 12.5. The normalized spacial score (nSPS) is 16.2. The van der Waals surface area contributed by atoms with Gasteiger partial charge in [-0.1, -0.05) is 12.1 Å². The van der Waals surface area contributed by atoms with Gasteiger partial charge in [0.15, 0.2) is 0 Å². The Labute approximate surface area is 141 Å². The van der Waals surface area contributed by atoms with E-state index < -0.39 is 10.3 Å². The first-order valence-corrected chi connectivity index (χ1v) is 7.29. The Bertz CT molecular complexity index is 525. The third kappa shape index (κ3) is 4.89. The lowest BCUT2D eigenvalue weighted by Crippen LogP contribution is -2.49. The van der Waals surface area contributed by atoms with Gasteiger partial charge in [0.2, 0.25) is 5.91 Å². The van der Waals surface area contributed by atoms with E-state index in [-0.39, 0.29) is 24.0 Å². The number of nitrogens with one attached hydrogen (secondary N) is 2. The molecule has 1 aromatic rings. The van der Waals surface area contributed by atoms with Crippen molar-refractivity contribution in [3.8, 4) is 0 Å². The van der Waals surface area contributed by atoms with E-state index in [1.807, 2.05) is 0 Å². The lowest BCUT2D eigenvalue weighted by atomic mass is 9.78. The van der Waals surface area contributed by atoms with Gasteiger partial charge in [-0.05, 0) is 31.5 Å². The van der Waals surface area contributed by atoms with Crippen LogP contribution in [0.2, 0.25) is 0 Å². The number of ether oxygens (including phenoxy) is 1. The van der Waals surface area contributed by atoms with Gasteiger partial charge < -0.3 is 15.4 Å². The number of nitro benzene ring substituents is 1. The third-order valence-corrected chi connectivity index (χ3v) is 4.06. The van der Waals surface area contributed by atoms with Crippen LogP contribution in [-0.4, -0.2) is 37.6 Å². The van der Waals surface area contributed by atoms with Gasteiger partial charge in [0.25, 0.3) is 5.69 Å². The molecule has 0 atom stereocenters. The summed E-state index contributed by atoms with van der Waals surface area (Å²) in [5, 5.41) is 16.8. The molecule has 7 nitrogen and oxygen atoms in total. The Morgan fingerprint density at radius 2 is 1.96 bits per heavy atom. The fourth-order valence-corrected chi connectivity index (χ4v) is 2.72. The maximum atomic E-state index is 12.5. The summed E-state index contributed by atoms with van der Waals surface area (Å²) in [5.74, 6) is -0.0193. The van der Waals surface area contributed by atoms with Crippen LogP contribution in [0.5, 0.6) is 0 Å². The maximum Gasteiger partial charge on any atom is 0.269 e. The molecular weight excluding hydrogens is 322 g/mol. The number of hydrogen-bond donors (Lipinski definition) is 2. The molecule has 0 unspecified atom stereocenters. The van der Waals surface area contributed by atoms with Crippen molar-refractivity contribution < 1.29 is 14.5 Å². The van der Waals surface area contributed by atoms with Gasteiger partial charge in [-0.25, -0.2) is 0 Å². The highest BCUT2D eigenvalue weighted by Gasteiger charge is 2.39. The molecule has 1 saturated heterocycles. The summed E-state index contributed by atoms with van der Waals surface area (Å²) in [6, 6.07) is 6.20. The van der Waals surface area contributed by atoms with Crippen LogP contribution in [0.3, 0.4) is 0 Å². The summed E-state index contributed by atoms with van der Waals surface area (Å²) in [6.45, 7) is 2.36. The van der Waals surface area contributed by atoms with Gasteiger partial charge in [-0.3, -0.25) is 14.9 Å². The monoisotopic (exact) mass is 343 g/mol. The number of halogens is 1. The Balaban J connectivity index is 0.00000264. The quantitative estimate of drug-likeness (QED) is 0.605. The molecule has 2 rings (SSSR count). The second kappa shape index (κ2) is 8.81. The molecule has 0 radical (unpaired) electrons. The molecule has 1 heterocycles. The number of hydrogen-bond acceptors (Lipinski definition) is 5. The van der Waals surface area contributed by atoms with Crippen LogP contribution >= 0.6 is 12.4 Å². The smallest absolute Gasteiger partial charge is 0.269 e. The van der Waals surface area contributed by atoms with Crippen LogP contribution < -0.4 is 10.6 Å². The highest BCUT2D eigenvalue weighted by molar-refractivity contribution is 5.85. The lowest BCUT2D eigenvalue weighted by molar-refractivity contribution is -0.384. The molecule has 0 aliphatic carbocycles. The lowest BCUT2D eigenvalue weighted by Gasteiger charge is -2.35. The number of non-ortho nitro benzene ring substituents is 1. The summed E-state index contributed by atoms with van der Waals surface area (Å²) >= 11 is 0. The molecule has 1 aliphatic heterocycles. The molecule has 1 aliphatic rings. The number of rotatable bonds is 6. The molecule has 0 bridgehead atoms. The van der Waals surface area contributed by atoms with Gasteiger partial charge in [0.05, 0.1) is 16.9 Å². The first kappa shape index (κ1) is 19.3. The molecule has 0 saturated carbocycles. The average Bonchev–Trinajstić information content (AvgIpc) is 2.54. The van der Waals surface area contributed by atoms with Crippen LogP contribution in [0.15, 0.2) is 24.3 Å². The van der Waals surface area contributed by atoms with Crippen LogP contribution in [-0.2, 0) is 16.1 Å². The Morgan fingerprint density at radius 1 is 1.35 bits per heavy atom. The number of amides is 1. The number of nitrogens with zero attached hydrogens (tertiary/aromatic N) is 1. The predicted molar refractivity (Wildman–Crippen MR) is 88.6 cm³/mol. The van der Waals surface area contributed by atoms with Crippen molar-refractivity contribution in [1.29, 1.82) is 0 Å². The largest absolute Gasteiger partial charge is 0.384 e. The molecule has 1 amide bonds. The number of carbonyl (C=O) groups is 1. The number of piperidine rings is 1. The van der Waals surface area contributed by atoms with Crippen molar-refractivity contribution in [3.05, 3.63) is 39.9 Å². The summed E-state index contributed by atoms with van der Waals surface area (Å²) in [4.78, 5) is 22.7. The van der Waals surface area contributed by atoms with Gasteiger partial charge in [-0.2, -0.15) is 0 Å². The number of carbonyl (C=O) groups excluding carboxylic acids is 1.